The lowest BCUT2D eigenvalue weighted by molar-refractivity contribution is -0.144. The van der Waals surface area contributed by atoms with Crippen LogP contribution in [0.15, 0.2) is 0 Å². The molecule has 2 N–H and O–H groups in total. The second-order valence-electron chi connectivity index (χ2n) is 4.77. The maximum Gasteiger partial charge on any atom is 0.326 e. The van der Waals surface area contributed by atoms with Gasteiger partial charge in [0.15, 0.2) is 0 Å². The van der Waals surface area contributed by atoms with Gasteiger partial charge in [0.05, 0.1) is 6.10 Å². The summed E-state index contributed by atoms with van der Waals surface area (Å²) in [5.41, 5.74) is 0. The van der Waals surface area contributed by atoms with Crippen molar-refractivity contribution in [3.05, 3.63) is 0 Å². The SMILES string of the molecule is CCCC(NC(=O)C1OC(C)CC1C)C(=O)O. The number of nitrogens with one attached hydrogen (secondary N) is 1. The Morgan fingerprint density at radius 2 is 2.12 bits per heavy atom. The number of carbonyl (C=O) groups excluding carboxylic acids is 1. The van der Waals surface area contributed by atoms with Gasteiger partial charge >= 0.3 is 5.97 Å². The molecule has 0 bridgehead atoms. The molecule has 1 heterocycles. The molecular weight excluding hydrogens is 222 g/mol. The quantitative estimate of drug-likeness (QED) is 0.760. The molecule has 1 aliphatic heterocycles. The van der Waals surface area contributed by atoms with Crippen molar-refractivity contribution in [3.8, 4) is 0 Å². The lowest BCUT2D eigenvalue weighted by Gasteiger charge is -2.19. The Bertz CT molecular complexity index is 292. The molecule has 0 aromatic rings. The first-order valence-corrected chi connectivity index (χ1v) is 6.14. The molecule has 0 spiro atoms. The predicted octanol–water partition coefficient (Wildman–Crippen LogP) is 1.17. The first-order chi connectivity index (χ1) is 7.95. The molecule has 0 aromatic heterocycles. The number of rotatable bonds is 5. The van der Waals surface area contributed by atoms with Gasteiger partial charge in [-0.1, -0.05) is 20.3 Å². The fraction of sp³-hybridized carbons (Fsp3) is 0.833. The van der Waals surface area contributed by atoms with E-state index in [1.165, 1.54) is 0 Å². The maximum absolute atomic E-state index is 11.9. The Kier molecular flexibility index (Phi) is 4.93. The van der Waals surface area contributed by atoms with Gasteiger partial charge in [-0.05, 0) is 25.7 Å². The van der Waals surface area contributed by atoms with E-state index in [0.29, 0.717) is 12.8 Å². The Hall–Kier alpha value is -1.10. The highest BCUT2D eigenvalue weighted by molar-refractivity contribution is 5.86. The molecule has 1 rings (SSSR count). The van der Waals surface area contributed by atoms with Crippen molar-refractivity contribution in [2.45, 2.75) is 58.3 Å². The molecule has 1 fully saturated rings. The Morgan fingerprint density at radius 3 is 2.53 bits per heavy atom. The summed E-state index contributed by atoms with van der Waals surface area (Å²) in [5, 5.41) is 11.5. The molecule has 0 saturated carbocycles. The van der Waals surface area contributed by atoms with Crippen molar-refractivity contribution in [2.75, 3.05) is 0 Å². The number of carbonyl (C=O) groups is 2. The highest BCUT2D eigenvalue weighted by Gasteiger charge is 2.36. The number of ether oxygens (including phenoxy) is 1. The van der Waals surface area contributed by atoms with E-state index >= 15 is 0 Å². The maximum atomic E-state index is 11.9. The van der Waals surface area contributed by atoms with E-state index in [9.17, 15) is 9.59 Å². The highest BCUT2D eigenvalue weighted by Crippen LogP contribution is 2.25. The third kappa shape index (κ3) is 3.70. The van der Waals surface area contributed by atoms with Crippen LogP contribution in [0.5, 0.6) is 0 Å². The Balaban J connectivity index is 2.55. The number of carboxylic acids is 1. The van der Waals surface area contributed by atoms with Crippen molar-refractivity contribution in [3.63, 3.8) is 0 Å². The first kappa shape index (κ1) is 14.0. The lowest BCUT2D eigenvalue weighted by Crippen LogP contribution is -2.46. The van der Waals surface area contributed by atoms with Crippen LogP contribution in [0.4, 0.5) is 0 Å². The standard InChI is InChI=1S/C12H21NO4/c1-4-5-9(12(15)16)13-11(14)10-7(2)6-8(3)17-10/h7-10H,4-6H2,1-3H3,(H,13,14)(H,15,16). The van der Waals surface area contributed by atoms with Crippen LogP contribution in [-0.4, -0.2) is 35.2 Å². The minimum atomic E-state index is -0.987. The third-order valence-corrected chi connectivity index (χ3v) is 3.05. The molecule has 17 heavy (non-hydrogen) atoms. The summed E-state index contributed by atoms with van der Waals surface area (Å²) in [6.07, 6.45) is 1.55. The average Bonchev–Trinajstić information content (AvgIpc) is 2.57. The van der Waals surface area contributed by atoms with Crippen LogP contribution in [0.2, 0.25) is 0 Å². The second kappa shape index (κ2) is 6.00. The molecule has 0 aliphatic carbocycles. The summed E-state index contributed by atoms with van der Waals surface area (Å²) < 4.78 is 5.49. The van der Waals surface area contributed by atoms with E-state index < -0.39 is 18.1 Å². The van der Waals surface area contributed by atoms with Crippen molar-refractivity contribution in [1.82, 2.24) is 5.32 Å². The van der Waals surface area contributed by atoms with Crippen LogP contribution in [0.1, 0.15) is 40.0 Å². The lowest BCUT2D eigenvalue weighted by atomic mass is 10.0. The van der Waals surface area contributed by atoms with Gasteiger partial charge in [0, 0.05) is 0 Å². The van der Waals surface area contributed by atoms with Gasteiger partial charge in [0.25, 0.3) is 0 Å². The summed E-state index contributed by atoms with van der Waals surface area (Å²) in [4.78, 5) is 22.8. The molecule has 0 aromatic carbocycles. The predicted molar refractivity (Wildman–Crippen MR) is 62.6 cm³/mol. The van der Waals surface area contributed by atoms with E-state index in [2.05, 4.69) is 5.32 Å². The number of carboxylic acid groups (broad SMARTS) is 1. The molecule has 4 unspecified atom stereocenters. The normalized spacial score (nSPS) is 29.9. The van der Waals surface area contributed by atoms with Crippen LogP contribution in [0.3, 0.4) is 0 Å². The van der Waals surface area contributed by atoms with Gasteiger partial charge in [0.1, 0.15) is 12.1 Å². The van der Waals surface area contributed by atoms with E-state index in [0.717, 1.165) is 6.42 Å². The minimum absolute atomic E-state index is 0.0650. The van der Waals surface area contributed by atoms with E-state index in [4.69, 9.17) is 9.84 Å². The molecule has 0 radical (unpaired) electrons. The van der Waals surface area contributed by atoms with Crippen LogP contribution in [0.25, 0.3) is 0 Å². The van der Waals surface area contributed by atoms with Gasteiger partial charge in [-0.25, -0.2) is 4.79 Å². The fourth-order valence-corrected chi connectivity index (χ4v) is 2.21. The molecule has 98 valence electrons. The zero-order valence-electron chi connectivity index (χ0n) is 10.6. The summed E-state index contributed by atoms with van der Waals surface area (Å²) in [5.74, 6) is -1.15. The Labute approximate surface area is 102 Å². The number of hydrogen-bond donors (Lipinski definition) is 2. The van der Waals surface area contributed by atoms with Crippen molar-refractivity contribution < 1.29 is 19.4 Å². The van der Waals surface area contributed by atoms with Crippen LogP contribution in [0, 0.1) is 5.92 Å². The smallest absolute Gasteiger partial charge is 0.326 e. The molecule has 1 aliphatic rings. The Morgan fingerprint density at radius 1 is 1.47 bits per heavy atom. The van der Waals surface area contributed by atoms with E-state index in [1.807, 2.05) is 20.8 Å². The summed E-state index contributed by atoms with van der Waals surface area (Å²) in [6.45, 7) is 5.76. The van der Waals surface area contributed by atoms with E-state index in [-0.39, 0.29) is 17.9 Å². The summed E-state index contributed by atoms with van der Waals surface area (Å²) in [6, 6.07) is -0.806. The second-order valence-corrected chi connectivity index (χ2v) is 4.77. The van der Waals surface area contributed by atoms with Gasteiger partial charge in [-0.2, -0.15) is 0 Å². The zero-order valence-corrected chi connectivity index (χ0v) is 10.6. The monoisotopic (exact) mass is 243 g/mol. The topological polar surface area (TPSA) is 75.6 Å². The average molecular weight is 243 g/mol. The largest absolute Gasteiger partial charge is 0.480 e. The summed E-state index contributed by atoms with van der Waals surface area (Å²) >= 11 is 0. The molecule has 1 saturated heterocycles. The molecule has 4 atom stereocenters. The van der Waals surface area contributed by atoms with Gasteiger partial charge in [-0.3, -0.25) is 4.79 Å². The summed E-state index contributed by atoms with van der Waals surface area (Å²) in [7, 11) is 0. The fourth-order valence-electron chi connectivity index (χ4n) is 2.21. The van der Waals surface area contributed by atoms with E-state index in [1.54, 1.807) is 0 Å². The van der Waals surface area contributed by atoms with Gasteiger partial charge < -0.3 is 15.2 Å². The first-order valence-electron chi connectivity index (χ1n) is 6.14. The molecule has 1 amide bonds. The van der Waals surface area contributed by atoms with Crippen molar-refractivity contribution in [2.24, 2.45) is 5.92 Å². The molecule has 5 heteroatoms. The van der Waals surface area contributed by atoms with Crippen molar-refractivity contribution in [1.29, 1.82) is 0 Å². The van der Waals surface area contributed by atoms with Crippen LogP contribution >= 0.6 is 0 Å². The number of hydrogen-bond acceptors (Lipinski definition) is 3. The third-order valence-electron chi connectivity index (χ3n) is 3.05. The van der Waals surface area contributed by atoms with Crippen LogP contribution in [-0.2, 0) is 14.3 Å². The zero-order chi connectivity index (χ0) is 13.0. The molecule has 5 nitrogen and oxygen atoms in total. The van der Waals surface area contributed by atoms with Gasteiger partial charge in [-0.15, -0.1) is 0 Å². The number of amides is 1. The number of aliphatic carboxylic acids is 1. The highest BCUT2D eigenvalue weighted by atomic mass is 16.5. The van der Waals surface area contributed by atoms with Crippen molar-refractivity contribution >= 4 is 11.9 Å². The minimum Gasteiger partial charge on any atom is -0.480 e. The van der Waals surface area contributed by atoms with Crippen LogP contribution < -0.4 is 5.32 Å². The molecular formula is C12H21NO4. The van der Waals surface area contributed by atoms with Gasteiger partial charge in [0.2, 0.25) is 5.91 Å².